The fourth-order valence-electron chi connectivity index (χ4n) is 0.934. The van der Waals surface area contributed by atoms with Crippen molar-refractivity contribution in [3.05, 3.63) is 18.3 Å². The molecule has 1 aromatic heterocycles. The van der Waals surface area contributed by atoms with Crippen LogP contribution in [0.25, 0.3) is 0 Å². The van der Waals surface area contributed by atoms with E-state index in [4.69, 9.17) is 5.73 Å². The van der Waals surface area contributed by atoms with Gasteiger partial charge in [-0.25, -0.2) is 4.98 Å². The standard InChI is InChI=1S/C9H16N4/c1-13(2)6-5-11-8-3-4-9(10)12-7-8/h3-4,7,11H,5-6H2,1-2H3,(H2,10,12). The largest absolute Gasteiger partial charge is 0.384 e. The first-order valence-corrected chi connectivity index (χ1v) is 4.28. The van der Waals surface area contributed by atoms with Crippen molar-refractivity contribution in [3.63, 3.8) is 0 Å². The SMILES string of the molecule is CN(C)CCNc1ccc(N)nc1. The maximum Gasteiger partial charge on any atom is 0.123 e. The number of likely N-dealkylation sites (N-methyl/N-ethyl adjacent to an activating group) is 1. The summed E-state index contributed by atoms with van der Waals surface area (Å²) in [5.41, 5.74) is 6.47. The molecule has 0 aliphatic carbocycles. The van der Waals surface area contributed by atoms with Crippen molar-refractivity contribution in [1.29, 1.82) is 0 Å². The molecule has 1 aromatic rings. The molecular weight excluding hydrogens is 164 g/mol. The quantitative estimate of drug-likeness (QED) is 0.714. The van der Waals surface area contributed by atoms with Crippen LogP contribution in [0.2, 0.25) is 0 Å². The lowest BCUT2D eigenvalue weighted by Crippen LogP contribution is -2.20. The van der Waals surface area contributed by atoms with Gasteiger partial charge in [-0.15, -0.1) is 0 Å². The van der Waals surface area contributed by atoms with E-state index in [0.717, 1.165) is 18.8 Å². The Kier molecular flexibility index (Phi) is 3.52. The summed E-state index contributed by atoms with van der Waals surface area (Å²) in [5.74, 6) is 0.554. The van der Waals surface area contributed by atoms with E-state index in [-0.39, 0.29) is 0 Å². The number of rotatable bonds is 4. The maximum absolute atomic E-state index is 5.46. The Balaban J connectivity index is 2.33. The van der Waals surface area contributed by atoms with Gasteiger partial charge in [-0.05, 0) is 26.2 Å². The number of pyridine rings is 1. The monoisotopic (exact) mass is 180 g/mol. The second-order valence-corrected chi connectivity index (χ2v) is 3.20. The molecule has 1 heterocycles. The minimum atomic E-state index is 0.554. The van der Waals surface area contributed by atoms with E-state index < -0.39 is 0 Å². The predicted molar refractivity (Wildman–Crippen MR) is 55.7 cm³/mol. The Morgan fingerprint density at radius 2 is 2.23 bits per heavy atom. The highest BCUT2D eigenvalue weighted by Crippen LogP contribution is 2.05. The van der Waals surface area contributed by atoms with Crippen LogP contribution >= 0.6 is 0 Å². The van der Waals surface area contributed by atoms with Gasteiger partial charge in [-0.3, -0.25) is 0 Å². The number of aromatic nitrogens is 1. The first-order chi connectivity index (χ1) is 6.18. The van der Waals surface area contributed by atoms with Crippen LogP contribution in [0.4, 0.5) is 11.5 Å². The number of nitrogens with zero attached hydrogens (tertiary/aromatic N) is 2. The molecule has 0 saturated heterocycles. The summed E-state index contributed by atoms with van der Waals surface area (Å²) in [7, 11) is 4.09. The van der Waals surface area contributed by atoms with Gasteiger partial charge in [-0.2, -0.15) is 0 Å². The molecule has 0 amide bonds. The first-order valence-electron chi connectivity index (χ1n) is 4.28. The van der Waals surface area contributed by atoms with Crippen LogP contribution in [0, 0.1) is 0 Å². The minimum absolute atomic E-state index is 0.554. The van der Waals surface area contributed by atoms with Crippen molar-refractivity contribution in [2.45, 2.75) is 0 Å². The molecule has 0 aliphatic heterocycles. The number of nitrogens with one attached hydrogen (secondary N) is 1. The highest BCUT2D eigenvalue weighted by Gasteiger charge is 1.92. The van der Waals surface area contributed by atoms with E-state index in [2.05, 4.69) is 15.2 Å². The third kappa shape index (κ3) is 3.75. The van der Waals surface area contributed by atoms with Crippen LogP contribution < -0.4 is 11.1 Å². The number of hydrogen-bond acceptors (Lipinski definition) is 4. The molecule has 0 radical (unpaired) electrons. The maximum atomic E-state index is 5.46. The topological polar surface area (TPSA) is 54.2 Å². The molecule has 0 aliphatic rings. The van der Waals surface area contributed by atoms with Crippen LogP contribution in [0.3, 0.4) is 0 Å². The minimum Gasteiger partial charge on any atom is -0.384 e. The van der Waals surface area contributed by atoms with Crippen molar-refractivity contribution in [1.82, 2.24) is 9.88 Å². The molecular formula is C9H16N4. The fourth-order valence-corrected chi connectivity index (χ4v) is 0.934. The Morgan fingerprint density at radius 3 is 2.77 bits per heavy atom. The molecule has 0 atom stereocenters. The van der Waals surface area contributed by atoms with E-state index in [1.807, 2.05) is 20.2 Å². The van der Waals surface area contributed by atoms with Crippen molar-refractivity contribution >= 4 is 11.5 Å². The van der Waals surface area contributed by atoms with Gasteiger partial charge in [0.2, 0.25) is 0 Å². The second-order valence-electron chi connectivity index (χ2n) is 3.20. The Morgan fingerprint density at radius 1 is 1.46 bits per heavy atom. The van der Waals surface area contributed by atoms with E-state index >= 15 is 0 Å². The molecule has 3 N–H and O–H groups in total. The van der Waals surface area contributed by atoms with Gasteiger partial charge < -0.3 is 16.0 Å². The summed E-state index contributed by atoms with van der Waals surface area (Å²) in [5, 5.41) is 3.24. The Bertz CT molecular complexity index is 242. The molecule has 0 spiro atoms. The molecule has 0 aromatic carbocycles. The molecule has 0 fully saturated rings. The first kappa shape index (κ1) is 9.80. The summed E-state index contributed by atoms with van der Waals surface area (Å²) in [6.07, 6.45) is 1.74. The summed E-state index contributed by atoms with van der Waals surface area (Å²) in [6.45, 7) is 1.92. The van der Waals surface area contributed by atoms with Gasteiger partial charge in [-0.1, -0.05) is 0 Å². The predicted octanol–water partition coefficient (Wildman–Crippen LogP) is 0.637. The van der Waals surface area contributed by atoms with E-state index in [1.165, 1.54) is 0 Å². The third-order valence-electron chi connectivity index (χ3n) is 1.67. The second kappa shape index (κ2) is 4.67. The highest BCUT2D eigenvalue weighted by atomic mass is 15.1. The Labute approximate surface area is 78.8 Å². The van der Waals surface area contributed by atoms with Gasteiger partial charge in [0.15, 0.2) is 0 Å². The number of anilines is 2. The summed E-state index contributed by atoms with van der Waals surface area (Å²) in [6, 6.07) is 3.72. The van der Waals surface area contributed by atoms with Gasteiger partial charge >= 0.3 is 0 Å². The lowest BCUT2D eigenvalue weighted by atomic mass is 10.4. The lowest BCUT2D eigenvalue weighted by molar-refractivity contribution is 0.425. The molecule has 0 unspecified atom stereocenters. The molecule has 4 nitrogen and oxygen atoms in total. The normalized spacial score (nSPS) is 10.4. The van der Waals surface area contributed by atoms with Crippen molar-refractivity contribution < 1.29 is 0 Å². The molecule has 0 bridgehead atoms. The van der Waals surface area contributed by atoms with Gasteiger partial charge in [0.1, 0.15) is 5.82 Å². The third-order valence-corrected chi connectivity index (χ3v) is 1.67. The number of nitrogen functional groups attached to an aromatic ring is 1. The zero-order valence-electron chi connectivity index (χ0n) is 8.12. The van der Waals surface area contributed by atoms with Crippen LogP contribution in [0.5, 0.6) is 0 Å². The molecule has 1 rings (SSSR count). The van der Waals surface area contributed by atoms with Gasteiger partial charge in [0.05, 0.1) is 11.9 Å². The zero-order chi connectivity index (χ0) is 9.68. The molecule has 13 heavy (non-hydrogen) atoms. The zero-order valence-corrected chi connectivity index (χ0v) is 8.12. The van der Waals surface area contributed by atoms with E-state index in [1.54, 1.807) is 12.3 Å². The van der Waals surface area contributed by atoms with Crippen LogP contribution in [-0.4, -0.2) is 37.1 Å². The average Bonchev–Trinajstić information content (AvgIpc) is 2.08. The fraction of sp³-hybridized carbons (Fsp3) is 0.444. The van der Waals surface area contributed by atoms with Crippen LogP contribution in [0.15, 0.2) is 18.3 Å². The van der Waals surface area contributed by atoms with Gasteiger partial charge in [0.25, 0.3) is 0 Å². The highest BCUT2D eigenvalue weighted by molar-refractivity contribution is 5.45. The Hall–Kier alpha value is -1.29. The summed E-state index contributed by atoms with van der Waals surface area (Å²) in [4.78, 5) is 6.10. The lowest BCUT2D eigenvalue weighted by Gasteiger charge is -2.10. The van der Waals surface area contributed by atoms with E-state index in [0.29, 0.717) is 5.82 Å². The smallest absolute Gasteiger partial charge is 0.123 e. The van der Waals surface area contributed by atoms with Crippen LogP contribution in [0.1, 0.15) is 0 Å². The van der Waals surface area contributed by atoms with E-state index in [9.17, 15) is 0 Å². The van der Waals surface area contributed by atoms with Gasteiger partial charge in [0, 0.05) is 13.1 Å². The van der Waals surface area contributed by atoms with Crippen molar-refractivity contribution in [2.75, 3.05) is 38.2 Å². The van der Waals surface area contributed by atoms with Crippen LogP contribution in [-0.2, 0) is 0 Å². The molecule has 72 valence electrons. The number of nitrogens with two attached hydrogens (primary N) is 1. The molecule has 0 saturated carbocycles. The summed E-state index contributed by atoms with van der Waals surface area (Å²) < 4.78 is 0. The van der Waals surface area contributed by atoms with Crippen molar-refractivity contribution in [2.24, 2.45) is 0 Å². The van der Waals surface area contributed by atoms with Crippen molar-refractivity contribution in [3.8, 4) is 0 Å². The summed E-state index contributed by atoms with van der Waals surface area (Å²) >= 11 is 0. The molecule has 4 heteroatoms. The number of hydrogen-bond donors (Lipinski definition) is 2. The average molecular weight is 180 g/mol.